The van der Waals surface area contributed by atoms with Gasteiger partial charge in [-0.3, -0.25) is 4.79 Å². The van der Waals surface area contributed by atoms with E-state index in [9.17, 15) is 4.79 Å². The summed E-state index contributed by atoms with van der Waals surface area (Å²) in [4.78, 5) is 11.8. The molecule has 0 aliphatic rings. The van der Waals surface area contributed by atoms with Crippen LogP contribution >= 0.6 is 0 Å². The van der Waals surface area contributed by atoms with E-state index in [4.69, 9.17) is 4.74 Å². The van der Waals surface area contributed by atoms with E-state index in [1.807, 2.05) is 50.2 Å². The Bertz CT molecular complexity index is 676. The maximum absolute atomic E-state index is 11.8. The number of rotatable bonds is 5. The zero-order valence-electron chi connectivity index (χ0n) is 13.1. The van der Waals surface area contributed by atoms with Gasteiger partial charge >= 0.3 is 0 Å². The molecule has 0 aliphatic carbocycles. The Balaban J connectivity index is 1.90. The highest BCUT2D eigenvalue weighted by molar-refractivity contribution is 5.84. The molecule has 0 saturated carbocycles. The highest BCUT2D eigenvalue weighted by atomic mass is 16.5. The summed E-state index contributed by atoms with van der Waals surface area (Å²) in [6.45, 7) is 4.07. The molecule has 114 valence electrons. The summed E-state index contributed by atoms with van der Waals surface area (Å²) in [5, 5.41) is 4.01. The second kappa shape index (κ2) is 7.41. The fourth-order valence-corrected chi connectivity index (χ4v) is 2.11. The first-order valence-electron chi connectivity index (χ1n) is 7.10. The van der Waals surface area contributed by atoms with Crippen LogP contribution in [-0.4, -0.2) is 19.2 Å². The predicted octanol–water partition coefficient (Wildman–Crippen LogP) is 3.00. The monoisotopic (exact) mass is 296 g/mol. The van der Waals surface area contributed by atoms with Crippen molar-refractivity contribution < 1.29 is 9.53 Å². The minimum Gasteiger partial charge on any atom is -0.497 e. The number of ether oxygens (including phenoxy) is 1. The van der Waals surface area contributed by atoms with Crippen LogP contribution in [-0.2, 0) is 11.2 Å². The molecule has 2 rings (SSSR count). The number of amides is 1. The molecule has 0 aliphatic heterocycles. The summed E-state index contributed by atoms with van der Waals surface area (Å²) in [7, 11) is 1.61. The van der Waals surface area contributed by atoms with E-state index in [1.165, 1.54) is 5.56 Å². The zero-order chi connectivity index (χ0) is 15.9. The Kier molecular flexibility index (Phi) is 5.31. The minimum absolute atomic E-state index is 0.147. The number of carbonyl (C=O) groups is 1. The van der Waals surface area contributed by atoms with Crippen LogP contribution in [0.2, 0.25) is 0 Å². The first-order chi connectivity index (χ1) is 10.6. The third kappa shape index (κ3) is 4.45. The van der Waals surface area contributed by atoms with Crippen LogP contribution in [0.25, 0.3) is 0 Å². The lowest BCUT2D eigenvalue weighted by atomic mass is 10.1. The van der Waals surface area contributed by atoms with Gasteiger partial charge in [-0.2, -0.15) is 5.10 Å². The Hall–Kier alpha value is -2.62. The second-order valence-corrected chi connectivity index (χ2v) is 5.18. The summed E-state index contributed by atoms with van der Waals surface area (Å²) in [5.41, 5.74) is 6.80. The van der Waals surface area contributed by atoms with E-state index >= 15 is 0 Å². The standard InChI is InChI=1S/C18H20N2O2/c1-13-4-7-16(14(2)10-13)12-19-20-18(21)11-15-5-8-17(22-3)9-6-15/h4-10,12H,11H2,1-3H3,(H,20,21). The number of nitrogens with zero attached hydrogens (tertiary/aromatic N) is 1. The van der Waals surface area contributed by atoms with Crippen LogP contribution in [0.5, 0.6) is 5.75 Å². The molecular formula is C18H20N2O2. The molecule has 4 heteroatoms. The predicted molar refractivity (Wildman–Crippen MR) is 88.4 cm³/mol. The topological polar surface area (TPSA) is 50.7 Å². The highest BCUT2D eigenvalue weighted by Gasteiger charge is 2.02. The molecule has 2 aromatic carbocycles. The molecule has 0 saturated heterocycles. The van der Waals surface area contributed by atoms with E-state index in [1.54, 1.807) is 13.3 Å². The van der Waals surface area contributed by atoms with Crippen LogP contribution in [0.1, 0.15) is 22.3 Å². The molecule has 1 amide bonds. The summed E-state index contributed by atoms with van der Waals surface area (Å²) in [6.07, 6.45) is 1.95. The molecule has 2 aromatic rings. The van der Waals surface area contributed by atoms with Gasteiger partial charge in [-0.1, -0.05) is 35.9 Å². The Morgan fingerprint density at radius 3 is 2.55 bits per heavy atom. The maximum Gasteiger partial charge on any atom is 0.244 e. The Morgan fingerprint density at radius 2 is 1.91 bits per heavy atom. The van der Waals surface area contributed by atoms with Crippen molar-refractivity contribution in [3.05, 3.63) is 64.7 Å². The van der Waals surface area contributed by atoms with Crippen molar-refractivity contribution in [3.8, 4) is 5.75 Å². The van der Waals surface area contributed by atoms with Crippen molar-refractivity contribution in [2.75, 3.05) is 7.11 Å². The summed E-state index contributed by atoms with van der Waals surface area (Å²) < 4.78 is 5.08. The van der Waals surface area contributed by atoms with Gasteiger partial charge in [0.2, 0.25) is 5.91 Å². The van der Waals surface area contributed by atoms with Gasteiger partial charge in [0, 0.05) is 0 Å². The summed E-state index contributed by atoms with van der Waals surface area (Å²) in [5.74, 6) is 0.628. The summed E-state index contributed by atoms with van der Waals surface area (Å²) in [6, 6.07) is 13.5. The van der Waals surface area contributed by atoms with Gasteiger partial charge in [-0.25, -0.2) is 5.43 Å². The lowest BCUT2D eigenvalue weighted by molar-refractivity contribution is -0.120. The van der Waals surface area contributed by atoms with E-state index in [0.29, 0.717) is 0 Å². The second-order valence-electron chi connectivity index (χ2n) is 5.18. The van der Waals surface area contributed by atoms with Crippen LogP contribution in [0.4, 0.5) is 0 Å². The van der Waals surface area contributed by atoms with E-state index in [2.05, 4.69) is 16.6 Å². The van der Waals surface area contributed by atoms with Crippen molar-refractivity contribution >= 4 is 12.1 Å². The van der Waals surface area contributed by atoms with Crippen LogP contribution in [0, 0.1) is 13.8 Å². The fraction of sp³-hybridized carbons (Fsp3) is 0.222. The number of methoxy groups -OCH3 is 1. The van der Waals surface area contributed by atoms with Crippen molar-refractivity contribution in [2.45, 2.75) is 20.3 Å². The van der Waals surface area contributed by atoms with Gasteiger partial charge in [0.25, 0.3) is 0 Å². The number of hydrazone groups is 1. The fourth-order valence-electron chi connectivity index (χ4n) is 2.11. The third-order valence-corrected chi connectivity index (χ3v) is 3.34. The van der Waals surface area contributed by atoms with Gasteiger partial charge in [0.15, 0.2) is 0 Å². The average Bonchev–Trinajstić information content (AvgIpc) is 2.50. The molecule has 0 spiro atoms. The van der Waals surface area contributed by atoms with Crippen LogP contribution in [0.15, 0.2) is 47.6 Å². The number of carbonyl (C=O) groups excluding carboxylic acids is 1. The van der Waals surface area contributed by atoms with Gasteiger partial charge in [0.1, 0.15) is 5.75 Å². The molecule has 0 aromatic heterocycles. The van der Waals surface area contributed by atoms with Gasteiger partial charge in [-0.05, 0) is 42.7 Å². The van der Waals surface area contributed by atoms with E-state index in [0.717, 1.165) is 22.4 Å². The number of hydrogen-bond acceptors (Lipinski definition) is 3. The van der Waals surface area contributed by atoms with Crippen molar-refractivity contribution in [1.29, 1.82) is 0 Å². The molecule has 0 fully saturated rings. The van der Waals surface area contributed by atoms with Gasteiger partial charge in [0.05, 0.1) is 19.7 Å². The zero-order valence-corrected chi connectivity index (χ0v) is 13.1. The SMILES string of the molecule is COc1ccc(CC(=O)NN=Cc2ccc(C)cc2C)cc1. The Labute approximate surface area is 130 Å². The summed E-state index contributed by atoms with van der Waals surface area (Å²) >= 11 is 0. The molecule has 1 N–H and O–H groups in total. The molecule has 0 heterocycles. The molecule has 22 heavy (non-hydrogen) atoms. The normalized spacial score (nSPS) is 10.7. The third-order valence-electron chi connectivity index (χ3n) is 3.34. The maximum atomic E-state index is 11.8. The first kappa shape index (κ1) is 15.8. The van der Waals surface area contributed by atoms with Gasteiger partial charge in [-0.15, -0.1) is 0 Å². The van der Waals surface area contributed by atoms with Crippen LogP contribution in [0.3, 0.4) is 0 Å². The van der Waals surface area contributed by atoms with Gasteiger partial charge < -0.3 is 4.74 Å². The van der Waals surface area contributed by atoms with Crippen molar-refractivity contribution in [2.24, 2.45) is 5.10 Å². The molecule has 0 radical (unpaired) electrons. The average molecular weight is 296 g/mol. The largest absolute Gasteiger partial charge is 0.497 e. The van der Waals surface area contributed by atoms with Crippen molar-refractivity contribution in [1.82, 2.24) is 5.43 Å². The smallest absolute Gasteiger partial charge is 0.244 e. The highest BCUT2D eigenvalue weighted by Crippen LogP contribution is 2.11. The minimum atomic E-state index is -0.147. The van der Waals surface area contributed by atoms with Crippen LogP contribution < -0.4 is 10.2 Å². The number of benzene rings is 2. The van der Waals surface area contributed by atoms with Crippen molar-refractivity contribution in [3.63, 3.8) is 0 Å². The lowest BCUT2D eigenvalue weighted by Crippen LogP contribution is -2.19. The lowest BCUT2D eigenvalue weighted by Gasteiger charge is -2.03. The quantitative estimate of drug-likeness (QED) is 0.681. The molecule has 0 bridgehead atoms. The van der Waals surface area contributed by atoms with E-state index in [-0.39, 0.29) is 12.3 Å². The first-order valence-corrected chi connectivity index (χ1v) is 7.10. The molecule has 0 unspecified atom stereocenters. The number of nitrogens with one attached hydrogen (secondary N) is 1. The molecule has 0 atom stereocenters. The molecule has 4 nitrogen and oxygen atoms in total. The number of hydrogen-bond donors (Lipinski definition) is 1. The van der Waals surface area contributed by atoms with E-state index < -0.39 is 0 Å². The molecular weight excluding hydrogens is 276 g/mol. The Morgan fingerprint density at radius 1 is 1.18 bits per heavy atom. The number of aryl methyl sites for hydroxylation is 2.